The molecule has 16 heteroatoms. The second kappa shape index (κ2) is 16.6. The smallest absolute Gasteiger partial charge is 0.306 e. The number of hydrazone groups is 1. The third-order valence-corrected chi connectivity index (χ3v) is 6.98. The minimum atomic E-state index is -1.20. The topological polar surface area (TPSA) is 213 Å². The number of halogens is 1. The molecule has 0 radical (unpaired) electrons. The molecule has 0 fully saturated rings. The molecule has 4 N–H and O–H groups in total. The lowest BCUT2D eigenvalue weighted by atomic mass is 9.98. The molecule has 1 unspecified atom stereocenters. The molecule has 44 heavy (non-hydrogen) atoms. The van der Waals surface area contributed by atoms with Crippen LogP contribution in [0.5, 0.6) is 0 Å². The van der Waals surface area contributed by atoms with Crippen molar-refractivity contribution in [3.8, 4) is 11.1 Å². The average Bonchev–Trinajstić information content (AvgIpc) is 3.30. The van der Waals surface area contributed by atoms with Crippen molar-refractivity contribution < 1.29 is 29.4 Å². The highest BCUT2D eigenvalue weighted by Crippen LogP contribution is 2.26. The van der Waals surface area contributed by atoms with E-state index in [4.69, 9.17) is 27.9 Å². The van der Waals surface area contributed by atoms with Crippen molar-refractivity contribution in [2.45, 2.75) is 64.7 Å². The molecule has 236 valence electrons. The Hall–Kier alpha value is -4.92. The van der Waals surface area contributed by atoms with Crippen LogP contribution in [0.1, 0.15) is 61.7 Å². The fourth-order valence-corrected chi connectivity index (χ4v) is 4.74. The van der Waals surface area contributed by atoms with Crippen LogP contribution in [-0.2, 0) is 38.8 Å². The second-order valence-corrected chi connectivity index (χ2v) is 10.1. The first kappa shape index (κ1) is 33.6. The fraction of sp³-hybridized carbons (Fsp3) is 0.393. The van der Waals surface area contributed by atoms with E-state index < -0.39 is 28.9 Å². The Morgan fingerprint density at radius 1 is 1.11 bits per heavy atom. The van der Waals surface area contributed by atoms with E-state index in [1.807, 2.05) is 53.1 Å². The van der Waals surface area contributed by atoms with Crippen molar-refractivity contribution >= 4 is 23.4 Å². The number of carbonyl (C=O) groups excluding carboxylic acids is 1. The van der Waals surface area contributed by atoms with Crippen molar-refractivity contribution in [3.05, 3.63) is 96.6 Å². The van der Waals surface area contributed by atoms with Gasteiger partial charge in [0.2, 0.25) is 0 Å². The third kappa shape index (κ3) is 9.83. The number of nitrogens with zero attached hydrogens (tertiary/aromatic N) is 5. The van der Waals surface area contributed by atoms with Gasteiger partial charge in [0.15, 0.2) is 11.0 Å². The summed E-state index contributed by atoms with van der Waals surface area (Å²) in [5, 5.41) is 22.7. The van der Waals surface area contributed by atoms with Gasteiger partial charge >= 0.3 is 5.97 Å². The quantitative estimate of drug-likeness (QED) is 0.0507. The zero-order chi connectivity index (χ0) is 32.1. The highest BCUT2D eigenvalue weighted by molar-refractivity contribution is 6.30. The molecule has 0 aliphatic rings. The van der Waals surface area contributed by atoms with Crippen molar-refractivity contribution in [1.29, 1.82) is 0 Å². The summed E-state index contributed by atoms with van der Waals surface area (Å²) < 4.78 is 7.39. The standard InChI is InChI=1S/C28H34ClN7O8/c1-2-3-10-25-32-27(29)24(18-42-26(37)11-6-7-21(44-36(40)41)17-43-35(38)39)34(25)16-19-12-14-20(15-13-19)22-8-4-5-9-23(22)28(30)33-31/h4-5,8-9,12-15,21H,2-3,6-7,10-11,16-18,31H2,1H3,(H2,30,33). The second-order valence-electron chi connectivity index (χ2n) is 9.74. The monoisotopic (exact) mass is 631 g/mol. The predicted molar refractivity (Wildman–Crippen MR) is 160 cm³/mol. The van der Waals surface area contributed by atoms with Gasteiger partial charge in [0.05, 0.1) is 5.69 Å². The van der Waals surface area contributed by atoms with E-state index in [9.17, 15) is 25.0 Å². The molecular formula is C28H34ClN7O8. The lowest BCUT2D eigenvalue weighted by molar-refractivity contribution is -0.790. The molecule has 1 aromatic heterocycles. The van der Waals surface area contributed by atoms with Crippen LogP contribution in [0.25, 0.3) is 11.1 Å². The van der Waals surface area contributed by atoms with E-state index in [1.54, 1.807) is 0 Å². The van der Waals surface area contributed by atoms with Crippen LogP contribution in [0.3, 0.4) is 0 Å². The number of benzene rings is 2. The Labute approximate surface area is 257 Å². The van der Waals surface area contributed by atoms with E-state index in [2.05, 4.69) is 26.7 Å². The van der Waals surface area contributed by atoms with Crippen LogP contribution in [0, 0.1) is 20.2 Å². The van der Waals surface area contributed by atoms with E-state index in [-0.39, 0.29) is 36.9 Å². The fourth-order valence-electron chi connectivity index (χ4n) is 4.48. The maximum absolute atomic E-state index is 12.5. The number of unbranched alkanes of at least 4 members (excludes halogenated alkanes) is 1. The van der Waals surface area contributed by atoms with Crippen molar-refractivity contribution in [1.82, 2.24) is 9.55 Å². The van der Waals surface area contributed by atoms with E-state index in [1.165, 1.54) is 0 Å². The number of aromatic nitrogens is 2. The number of rotatable bonds is 18. The number of hydrogen-bond acceptors (Lipinski definition) is 11. The van der Waals surface area contributed by atoms with E-state index >= 15 is 0 Å². The Morgan fingerprint density at radius 3 is 2.50 bits per heavy atom. The maximum Gasteiger partial charge on any atom is 0.306 e. The molecule has 2 aromatic carbocycles. The maximum atomic E-state index is 12.5. The van der Waals surface area contributed by atoms with Crippen LogP contribution >= 0.6 is 11.6 Å². The molecule has 1 heterocycles. The molecule has 0 aliphatic carbocycles. The van der Waals surface area contributed by atoms with Crippen LogP contribution in [0.15, 0.2) is 53.6 Å². The first-order valence-electron chi connectivity index (χ1n) is 13.8. The average molecular weight is 632 g/mol. The van der Waals surface area contributed by atoms with Crippen LogP contribution < -0.4 is 11.6 Å². The van der Waals surface area contributed by atoms with Gasteiger partial charge in [-0.05, 0) is 36.0 Å². The molecule has 3 rings (SSSR count). The first-order valence-corrected chi connectivity index (χ1v) is 14.2. The molecule has 15 nitrogen and oxygen atoms in total. The number of imidazole rings is 1. The van der Waals surface area contributed by atoms with Gasteiger partial charge < -0.3 is 30.6 Å². The summed E-state index contributed by atoms with van der Waals surface area (Å²) in [5.74, 6) is 5.81. The number of nitrogens with two attached hydrogens (primary N) is 2. The van der Waals surface area contributed by atoms with Gasteiger partial charge in [-0.2, -0.15) is 5.10 Å². The van der Waals surface area contributed by atoms with Gasteiger partial charge in [-0.1, -0.05) is 73.5 Å². The van der Waals surface area contributed by atoms with Gasteiger partial charge in [0.1, 0.15) is 25.1 Å². The van der Waals surface area contributed by atoms with Crippen LogP contribution in [0.4, 0.5) is 0 Å². The van der Waals surface area contributed by atoms with Gasteiger partial charge in [0.25, 0.3) is 10.2 Å². The van der Waals surface area contributed by atoms with Gasteiger partial charge in [-0.15, -0.1) is 20.2 Å². The largest absolute Gasteiger partial charge is 0.459 e. The molecule has 0 saturated carbocycles. The van der Waals surface area contributed by atoms with Gasteiger partial charge in [-0.25, -0.2) is 4.98 Å². The third-order valence-electron chi connectivity index (χ3n) is 6.68. The van der Waals surface area contributed by atoms with E-state index in [0.717, 1.165) is 40.9 Å². The summed E-state index contributed by atoms with van der Waals surface area (Å²) in [4.78, 5) is 46.6. The Bertz CT molecular complexity index is 1460. The van der Waals surface area contributed by atoms with E-state index in [0.29, 0.717) is 18.7 Å². The molecule has 0 bridgehead atoms. The van der Waals surface area contributed by atoms with Gasteiger partial charge in [-0.3, -0.25) is 4.79 Å². The summed E-state index contributed by atoms with van der Waals surface area (Å²) in [6.45, 7) is 1.72. The lowest BCUT2D eigenvalue weighted by Crippen LogP contribution is -2.25. The van der Waals surface area contributed by atoms with Crippen molar-refractivity contribution in [2.24, 2.45) is 16.7 Å². The molecule has 3 aromatic rings. The van der Waals surface area contributed by atoms with Crippen molar-refractivity contribution in [3.63, 3.8) is 0 Å². The highest BCUT2D eigenvalue weighted by Gasteiger charge is 2.20. The lowest BCUT2D eigenvalue weighted by Gasteiger charge is -2.15. The minimum absolute atomic E-state index is 0.0319. The number of amidine groups is 1. The van der Waals surface area contributed by atoms with Crippen LogP contribution in [-0.4, -0.2) is 44.2 Å². The molecule has 1 atom stereocenters. The SMILES string of the molecule is CCCCc1nc(Cl)c(COC(=O)CCCC(CO[N+](=O)[O-])O[N+](=O)[O-])n1Cc1ccc(-c2ccccc2/C(N)=N/N)cc1. The number of carbonyl (C=O) groups is 1. The molecule has 0 spiro atoms. The summed E-state index contributed by atoms with van der Waals surface area (Å²) in [6, 6.07) is 15.4. The Kier molecular flexibility index (Phi) is 12.7. The number of ether oxygens (including phenoxy) is 1. The Morgan fingerprint density at radius 2 is 1.84 bits per heavy atom. The number of esters is 1. The molecule has 0 saturated heterocycles. The molecule has 0 amide bonds. The predicted octanol–water partition coefficient (Wildman–Crippen LogP) is 4.17. The summed E-state index contributed by atoms with van der Waals surface area (Å²) in [7, 11) is 0. The Balaban J connectivity index is 1.70. The number of aryl methyl sites for hydroxylation is 1. The first-order chi connectivity index (χ1) is 21.1. The zero-order valence-electron chi connectivity index (χ0n) is 24.1. The summed E-state index contributed by atoms with van der Waals surface area (Å²) in [6.07, 6.45) is 1.29. The summed E-state index contributed by atoms with van der Waals surface area (Å²) >= 11 is 6.49. The molecular weight excluding hydrogens is 598 g/mol. The minimum Gasteiger partial charge on any atom is -0.459 e. The number of hydrogen-bond donors (Lipinski definition) is 2. The van der Waals surface area contributed by atoms with Crippen molar-refractivity contribution in [2.75, 3.05) is 6.61 Å². The zero-order valence-corrected chi connectivity index (χ0v) is 24.9. The summed E-state index contributed by atoms with van der Waals surface area (Å²) in [5.41, 5.74) is 10.00. The highest BCUT2D eigenvalue weighted by atomic mass is 35.5. The van der Waals surface area contributed by atoms with Crippen LogP contribution in [0.2, 0.25) is 5.15 Å². The van der Waals surface area contributed by atoms with Gasteiger partial charge in [0, 0.05) is 24.9 Å². The normalized spacial score (nSPS) is 12.0. The molecule has 0 aliphatic heterocycles.